The summed E-state index contributed by atoms with van der Waals surface area (Å²) in [5.74, 6) is -0.907. The first-order valence-electron chi connectivity index (χ1n) is 29.8. The number of hydrogen-bond acceptors (Lipinski definition) is 6. The van der Waals surface area contributed by atoms with Gasteiger partial charge in [0.25, 0.3) is 0 Å². The van der Waals surface area contributed by atoms with Gasteiger partial charge in [-0.1, -0.05) is 255 Å². The highest BCUT2D eigenvalue weighted by molar-refractivity contribution is 5.71. The molecule has 0 aromatic heterocycles. The summed E-state index contributed by atoms with van der Waals surface area (Å²) in [6.07, 6.45) is 72.1. The average molecular weight is 966 g/mol. The molecule has 0 saturated heterocycles. The Morgan fingerprint density at radius 1 is 0.290 bits per heavy atom. The van der Waals surface area contributed by atoms with E-state index in [1.165, 1.54) is 180 Å². The van der Waals surface area contributed by atoms with Crippen molar-refractivity contribution in [3.8, 4) is 0 Å². The summed E-state index contributed by atoms with van der Waals surface area (Å²) in [6.45, 7) is 6.61. The molecule has 0 spiro atoms. The molecular formula is C63H112O6. The Morgan fingerprint density at radius 2 is 0.522 bits per heavy atom. The molecule has 0 fully saturated rings. The van der Waals surface area contributed by atoms with Gasteiger partial charge < -0.3 is 14.2 Å². The number of esters is 3. The second-order valence-electron chi connectivity index (χ2n) is 19.9. The minimum Gasteiger partial charge on any atom is -0.462 e. The van der Waals surface area contributed by atoms with Gasteiger partial charge in [-0.15, -0.1) is 0 Å². The van der Waals surface area contributed by atoms with Gasteiger partial charge in [0, 0.05) is 19.3 Å². The Hall–Kier alpha value is -2.89. The lowest BCUT2D eigenvalue weighted by Gasteiger charge is -2.18. The predicted molar refractivity (Wildman–Crippen MR) is 298 cm³/mol. The lowest BCUT2D eigenvalue weighted by molar-refractivity contribution is -0.167. The Balaban J connectivity index is 4.41. The van der Waals surface area contributed by atoms with Crippen molar-refractivity contribution in [2.24, 2.45) is 0 Å². The topological polar surface area (TPSA) is 78.9 Å². The van der Waals surface area contributed by atoms with Crippen LogP contribution in [0.15, 0.2) is 60.8 Å². The van der Waals surface area contributed by atoms with E-state index in [9.17, 15) is 14.4 Å². The van der Waals surface area contributed by atoms with E-state index in [2.05, 4.69) is 81.5 Å². The van der Waals surface area contributed by atoms with Gasteiger partial charge in [-0.3, -0.25) is 14.4 Å². The van der Waals surface area contributed by atoms with Crippen LogP contribution in [0.3, 0.4) is 0 Å². The van der Waals surface area contributed by atoms with Crippen molar-refractivity contribution in [1.29, 1.82) is 0 Å². The summed E-state index contributed by atoms with van der Waals surface area (Å²) in [7, 11) is 0. The Kier molecular flexibility index (Phi) is 55.3. The number of hydrogen-bond donors (Lipinski definition) is 0. The normalized spacial score (nSPS) is 12.4. The average Bonchev–Trinajstić information content (AvgIpc) is 3.35. The van der Waals surface area contributed by atoms with E-state index in [0.29, 0.717) is 19.3 Å². The molecule has 1 atom stereocenters. The van der Waals surface area contributed by atoms with E-state index in [1.807, 2.05) is 0 Å². The van der Waals surface area contributed by atoms with Gasteiger partial charge in [0.15, 0.2) is 6.10 Å². The molecular weight excluding hydrogens is 853 g/mol. The van der Waals surface area contributed by atoms with Crippen LogP contribution in [0, 0.1) is 0 Å². The molecule has 0 heterocycles. The molecule has 0 aromatic rings. The lowest BCUT2D eigenvalue weighted by Crippen LogP contribution is -2.30. The van der Waals surface area contributed by atoms with Crippen molar-refractivity contribution in [2.75, 3.05) is 13.2 Å². The first-order valence-corrected chi connectivity index (χ1v) is 29.8. The third-order valence-electron chi connectivity index (χ3n) is 13.0. The van der Waals surface area contributed by atoms with Crippen LogP contribution in [-0.2, 0) is 28.6 Å². The predicted octanol–water partition coefficient (Wildman–Crippen LogP) is 20.0. The molecule has 0 rings (SSSR count). The van der Waals surface area contributed by atoms with E-state index in [4.69, 9.17) is 14.2 Å². The fourth-order valence-electron chi connectivity index (χ4n) is 8.48. The zero-order valence-electron chi connectivity index (χ0n) is 45.8. The maximum atomic E-state index is 12.9. The molecule has 0 saturated carbocycles. The van der Waals surface area contributed by atoms with Crippen molar-refractivity contribution in [3.05, 3.63) is 60.8 Å². The second-order valence-corrected chi connectivity index (χ2v) is 19.9. The van der Waals surface area contributed by atoms with Crippen LogP contribution in [0.25, 0.3) is 0 Å². The van der Waals surface area contributed by atoms with Crippen LogP contribution in [0.5, 0.6) is 0 Å². The van der Waals surface area contributed by atoms with Crippen LogP contribution in [0.2, 0.25) is 0 Å². The molecule has 0 bridgehead atoms. The first-order chi connectivity index (χ1) is 34.0. The minimum absolute atomic E-state index is 0.0836. The molecule has 0 aliphatic rings. The van der Waals surface area contributed by atoms with Crippen LogP contribution in [0.4, 0.5) is 0 Å². The largest absolute Gasteiger partial charge is 0.462 e. The summed E-state index contributed by atoms with van der Waals surface area (Å²) in [5, 5.41) is 0. The Morgan fingerprint density at radius 3 is 0.870 bits per heavy atom. The van der Waals surface area contributed by atoms with Gasteiger partial charge in [0.2, 0.25) is 0 Å². The Labute approximate surface area is 428 Å². The summed E-state index contributed by atoms with van der Waals surface area (Å²) < 4.78 is 16.9. The molecule has 0 aromatic carbocycles. The van der Waals surface area contributed by atoms with Crippen molar-refractivity contribution in [3.63, 3.8) is 0 Å². The van der Waals surface area contributed by atoms with Crippen molar-refractivity contribution in [2.45, 2.75) is 309 Å². The fourth-order valence-corrected chi connectivity index (χ4v) is 8.48. The van der Waals surface area contributed by atoms with E-state index in [0.717, 1.165) is 83.5 Å². The summed E-state index contributed by atoms with van der Waals surface area (Å²) >= 11 is 0. The van der Waals surface area contributed by atoms with Crippen LogP contribution >= 0.6 is 0 Å². The Bertz CT molecular complexity index is 1250. The number of carbonyl (C=O) groups is 3. The number of ether oxygens (including phenoxy) is 3. The van der Waals surface area contributed by atoms with Crippen molar-refractivity contribution >= 4 is 17.9 Å². The highest BCUT2D eigenvalue weighted by Crippen LogP contribution is 2.16. The smallest absolute Gasteiger partial charge is 0.306 e. The molecule has 0 radical (unpaired) electrons. The number of allylic oxidation sites excluding steroid dienone is 10. The highest BCUT2D eigenvalue weighted by atomic mass is 16.6. The maximum absolute atomic E-state index is 12.9. The van der Waals surface area contributed by atoms with E-state index < -0.39 is 6.10 Å². The first kappa shape index (κ1) is 66.1. The molecule has 0 aliphatic heterocycles. The fraction of sp³-hybridized carbons (Fsp3) is 0.794. The monoisotopic (exact) mass is 965 g/mol. The molecule has 6 heteroatoms. The number of carbonyl (C=O) groups excluding carboxylic acids is 3. The van der Waals surface area contributed by atoms with E-state index >= 15 is 0 Å². The molecule has 0 aliphatic carbocycles. The number of unbranched alkanes of at least 4 members (excludes halogenated alkanes) is 33. The van der Waals surface area contributed by atoms with E-state index in [1.54, 1.807) is 0 Å². The van der Waals surface area contributed by atoms with Gasteiger partial charge in [-0.05, 0) is 89.9 Å². The van der Waals surface area contributed by atoms with Gasteiger partial charge >= 0.3 is 17.9 Å². The highest BCUT2D eigenvalue weighted by Gasteiger charge is 2.19. The minimum atomic E-state index is -0.788. The summed E-state index contributed by atoms with van der Waals surface area (Å²) in [5.41, 5.74) is 0. The molecule has 0 unspecified atom stereocenters. The molecule has 69 heavy (non-hydrogen) atoms. The molecule has 0 N–H and O–H groups in total. The quantitative estimate of drug-likeness (QED) is 0.0262. The van der Waals surface area contributed by atoms with Crippen molar-refractivity contribution in [1.82, 2.24) is 0 Å². The molecule has 6 nitrogen and oxygen atoms in total. The van der Waals surface area contributed by atoms with Crippen LogP contribution < -0.4 is 0 Å². The van der Waals surface area contributed by atoms with Crippen LogP contribution in [-0.4, -0.2) is 37.2 Å². The second kappa shape index (κ2) is 57.7. The molecule has 400 valence electrons. The third kappa shape index (κ3) is 55.9. The van der Waals surface area contributed by atoms with Gasteiger partial charge in [-0.2, -0.15) is 0 Å². The molecule has 0 amide bonds. The van der Waals surface area contributed by atoms with Gasteiger partial charge in [0.05, 0.1) is 0 Å². The van der Waals surface area contributed by atoms with Crippen LogP contribution in [0.1, 0.15) is 303 Å². The summed E-state index contributed by atoms with van der Waals surface area (Å²) in [6, 6.07) is 0. The lowest BCUT2D eigenvalue weighted by atomic mass is 10.0. The third-order valence-corrected chi connectivity index (χ3v) is 13.0. The number of rotatable bonds is 54. The zero-order valence-corrected chi connectivity index (χ0v) is 45.8. The van der Waals surface area contributed by atoms with E-state index in [-0.39, 0.29) is 31.1 Å². The SMILES string of the molecule is CCCCC/C=C\C/C=C\C/C=C\C/C=C\CCCCCC(=O)OC[C@@H](COC(=O)CCCCCCCCCCCCCCC)OC(=O)CCCCCCCCC/C=C\CCCCCCCCCC. The van der Waals surface area contributed by atoms with Gasteiger partial charge in [-0.25, -0.2) is 0 Å². The maximum Gasteiger partial charge on any atom is 0.306 e. The zero-order chi connectivity index (χ0) is 50.0. The standard InChI is InChI=1S/C63H112O6/c1-4-7-10-13-16-19-22-25-27-29-31-33-35-38-41-44-47-50-53-56-62(65)68-59-60(58-67-61(64)55-52-49-46-43-40-37-24-21-18-15-12-9-6-3)69-63(66)57-54-51-48-45-42-39-36-34-32-30-28-26-23-20-17-14-11-8-5-2/h16,19,25,27,30-33,38,41,60H,4-15,17-18,20-24,26,28-29,34-37,39-40,42-59H2,1-3H3/b19-16-,27-25-,32-30-,33-31-,41-38-/t60-/m1/s1. The van der Waals surface area contributed by atoms with Crippen molar-refractivity contribution < 1.29 is 28.6 Å². The summed E-state index contributed by atoms with van der Waals surface area (Å²) in [4.78, 5) is 38.2. The van der Waals surface area contributed by atoms with Gasteiger partial charge in [0.1, 0.15) is 13.2 Å².